The maximum atomic E-state index is 10.4. The van der Waals surface area contributed by atoms with Gasteiger partial charge in [0.05, 0.1) is 12.1 Å². The molecule has 0 aliphatic heterocycles. The predicted octanol–water partition coefficient (Wildman–Crippen LogP) is -1.45. The molecule has 5 heteroatoms. The van der Waals surface area contributed by atoms with Gasteiger partial charge in [0.1, 0.15) is 12.6 Å². The molecule has 0 aromatic carbocycles. The van der Waals surface area contributed by atoms with Crippen LogP contribution in [0.2, 0.25) is 0 Å². The molecule has 0 spiro atoms. The fourth-order valence-corrected chi connectivity index (χ4v) is 1.12. The van der Waals surface area contributed by atoms with Crippen molar-refractivity contribution in [2.75, 3.05) is 14.1 Å². The van der Waals surface area contributed by atoms with Crippen molar-refractivity contribution in [3.8, 4) is 0 Å². The minimum absolute atomic E-state index is 0. The van der Waals surface area contributed by atoms with Gasteiger partial charge in [0, 0.05) is 0 Å². The van der Waals surface area contributed by atoms with Crippen molar-refractivity contribution in [2.24, 2.45) is 0 Å². The molecule has 82 valence electrons. The standard InChI is InChI=1S/C9H18N2O2.In.3H/c1-10-8(6-12)4-3-5-9(7-13)11-2;;;;/h6-11H,3-5H2,1-2H3;;;;. The van der Waals surface area contributed by atoms with Crippen molar-refractivity contribution < 1.29 is 9.59 Å². The first-order chi connectivity index (χ1) is 6.28. The fourth-order valence-electron chi connectivity index (χ4n) is 1.12. The van der Waals surface area contributed by atoms with Crippen LogP contribution in [0.15, 0.2) is 0 Å². The Bertz CT molecular complexity index is 140. The van der Waals surface area contributed by atoms with Gasteiger partial charge in [0.25, 0.3) is 0 Å². The van der Waals surface area contributed by atoms with E-state index in [-0.39, 0.29) is 37.9 Å². The zero-order valence-corrected chi connectivity index (χ0v) is 8.25. The van der Waals surface area contributed by atoms with Crippen LogP contribution in [-0.2, 0) is 9.59 Å². The van der Waals surface area contributed by atoms with Gasteiger partial charge < -0.3 is 20.2 Å². The number of nitrogens with one attached hydrogen (secondary N) is 2. The summed E-state index contributed by atoms with van der Waals surface area (Å²) in [6.45, 7) is 0. The third-order valence-corrected chi connectivity index (χ3v) is 2.10. The summed E-state index contributed by atoms with van der Waals surface area (Å²) in [5.41, 5.74) is 0. The number of hydrogen-bond acceptors (Lipinski definition) is 4. The van der Waals surface area contributed by atoms with Crippen LogP contribution in [0.25, 0.3) is 0 Å². The quantitative estimate of drug-likeness (QED) is 0.539. The van der Waals surface area contributed by atoms with Crippen molar-refractivity contribution in [2.45, 2.75) is 31.3 Å². The van der Waals surface area contributed by atoms with Crippen LogP contribution in [0.4, 0.5) is 0 Å². The Morgan fingerprint density at radius 2 is 1.36 bits per heavy atom. The molecule has 0 bridgehead atoms. The SMILES string of the molecule is CNC(C=O)CCCC(C=O)NC.[InH3]. The Labute approximate surface area is 104 Å². The van der Waals surface area contributed by atoms with Gasteiger partial charge in [-0.1, -0.05) is 0 Å². The van der Waals surface area contributed by atoms with Gasteiger partial charge in [-0.15, -0.1) is 0 Å². The monoisotopic (exact) mass is 304 g/mol. The number of likely N-dealkylation sites (N-methyl/N-ethyl adjacent to an activating group) is 2. The first kappa shape index (κ1) is 16.6. The number of rotatable bonds is 8. The van der Waals surface area contributed by atoms with E-state index in [1.54, 1.807) is 14.1 Å². The fraction of sp³-hybridized carbons (Fsp3) is 0.778. The van der Waals surface area contributed by atoms with E-state index in [1.807, 2.05) is 0 Å². The molecule has 0 aromatic heterocycles. The Morgan fingerprint density at radius 1 is 1.00 bits per heavy atom. The Balaban J connectivity index is 0. The first-order valence-electron chi connectivity index (χ1n) is 4.53. The molecule has 0 fully saturated rings. The molecule has 0 saturated heterocycles. The van der Waals surface area contributed by atoms with Crippen molar-refractivity contribution in [3.05, 3.63) is 0 Å². The molecule has 2 atom stereocenters. The summed E-state index contributed by atoms with van der Waals surface area (Å²) in [7, 11) is 3.52. The Hall–Kier alpha value is 0.130. The summed E-state index contributed by atoms with van der Waals surface area (Å²) in [4.78, 5) is 20.8. The molecule has 14 heavy (non-hydrogen) atoms. The van der Waals surface area contributed by atoms with E-state index in [0.717, 1.165) is 31.8 Å². The molecular weight excluding hydrogens is 283 g/mol. The van der Waals surface area contributed by atoms with E-state index in [9.17, 15) is 9.59 Å². The molecule has 0 amide bonds. The molecule has 0 radical (unpaired) electrons. The summed E-state index contributed by atoms with van der Waals surface area (Å²) in [6.07, 6.45) is 4.23. The van der Waals surface area contributed by atoms with Gasteiger partial charge in [-0.25, -0.2) is 0 Å². The van der Waals surface area contributed by atoms with E-state index in [1.165, 1.54) is 0 Å². The van der Waals surface area contributed by atoms with Crippen LogP contribution in [-0.4, -0.2) is 64.6 Å². The van der Waals surface area contributed by atoms with Gasteiger partial charge in [0.2, 0.25) is 0 Å². The van der Waals surface area contributed by atoms with E-state index < -0.39 is 0 Å². The van der Waals surface area contributed by atoms with E-state index in [2.05, 4.69) is 10.6 Å². The first-order valence-corrected chi connectivity index (χ1v) is 4.53. The van der Waals surface area contributed by atoms with E-state index >= 15 is 0 Å². The topological polar surface area (TPSA) is 58.2 Å². The molecule has 0 aliphatic carbocycles. The molecule has 0 heterocycles. The molecule has 0 aromatic rings. The molecule has 2 N–H and O–H groups in total. The summed E-state index contributed by atoms with van der Waals surface area (Å²) in [5.74, 6) is 0. The summed E-state index contributed by atoms with van der Waals surface area (Å²) >= 11 is 0. The number of carbonyl (C=O) groups excluding carboxylic acids is 2. The molecule has 4 nitrogen and oxygen atoms in total. The zero-order chi connectivity index (χ0) is 10.1. The third-order valence-electron chi connectivity index (χ3n) is 2.10. The van der Waals surface area contributed by atoms with Crippen molar-refractivity contribution in [3.63, 3.8) is 0 Å². The second kappa shape index (κ2) is 11.2. The van der Waals surface area contributed by atoms with E-state index in [0.29, 0.717) is 0 Å². The second-order valence-electron chi connectivity index (χ2n) is 2.99. The molecule has 0 saturated carbocycles. The van der Waals surface area contributed by atoms with Crippen molar-refractivity contribution in [1.29, 1.82) is 0 Å². The minimum atomic E-state index is -0.0795. The molecule has 2 unspecified atom stereocenters. The normalized spacial score (nSPS) is 13.9. The summed E-state index contributed by atoms with van der Waals surface area (Å²) in [6, 6.07) is -0.159. The molecule has 0 rings (SSSR count). The Kier molecular flexibility index (Phi) is 13.3. The second-order valence-corrected chi connectivity index (χ2v) is 2.99. The molecule has 0 aliphatic rings. The number of carbonyl (C=O) groups is 2. The Morgan fingerprint density at radius 3 is 1.57 bits per heavy atom. The van der Waals surface area contributed by atoms with Crippen LogP contribution in [0.3, 0.4) is 0 Å². The van der Waals surface area contributed by atoms with Crippen LogP contribution in [0.1, 0.15) is 19.3 Å². The van der Waals surface area contributed by atoms with Crippen LogP contribution >= 0.6 is 0 Å². The van der Waals surface area contributed by atoms with Gasteiger partial charge in [-0.3, -0.25) is 0 Å². The average Bonchev–Trinajstić information content (AvgIpc) is 2.19. The summed E-state index contributed by atoms with van der Waals surface area (Å²) in [5, 5.41) is 5.77. The van der Waals surface area contributed by atoms with Crippen LogP contribution in [0.5, 0.6) is 0 Å². The summed E-state index contributed by atoms with van der Waals surface area (Å²) < 4.78 is 0. The van der Waals surface area contributed by atoms with Gasteiger partial charge in [-0.2, -0.15) is 0 Å². The maximum absolute atomic E-state index is 10.4. The third kappa shape index (κ3) is 7.53. The van der Waals surface area contributed by atoms with Crippen LogP contribution < -0.4 is 10.6 Å². The number of aldehydes is 2. The van der Waals surface area contributed by atoms with Crippen molar-refractivity contribution >= 4 is 38.4 Å². The van der Waals surface area contributed by atoms with Crippen LogP contribution in [0, 0.1) is 0 Å². The average molecular weight is 304 g/mol. The van der Waals surface area contributed by atoms with Gasteiger partial charge in [-0.05, 0) is 33.4 Å². The zero-order valence-electron chi connectivity index (χ0n) is 8.25. The van der Waals surface area contributed by atoms with Crippen molar-refractivity contribution in [1.82, 2.24) is 10.6 Å². The van der Waals surface area contributed by atoms with E-state index in [4.69, 9.17) is 0 Å². The van der Waals surface area contributed by atoms with Gasteiger partial charge >= 0.3 is 25.8 Å². The molecular formula is C9H21InN2O2. The predicted molar refractivity (Wildman–Crippen MR) is 61.6 cm³/mol. The van der Waals surface area contributed by atoms with Gasteiger partial charge in [0.15, 0.2) is 0 Å². The number of hydrogen-bond donors (Lipinski definition) is 2.